The molecule has 0 N–H and O–H groups in total. The molecule has 0 fully saturated rings. The second-order valence-electron chi connectivity index (χ2n) is 6.63. The van der Waals surface area contributed by atoms with Crippen molar-refractivity contribution >= 4 is 21.6 Å². The van der Waals surface area contributed by atoms with Crippen molar-refractivity contribution in [1.82, 2.24) is 4.57 Å². The third-order valence-corrected chi connectivity index (χ3v) is 5.63. The van der Waals surface area contributed by atoms with E-state index in [1.165, 1.54) is 32.7 Å². The van der Waals surface area contributed by atoms with Crippen LogP contribution in [0.15, 0.2) is 17.6 Å². The maximum absolute atomic E-state index is 6.35. The van der Waals surface area contributed by atoms with E-state index in [-0.39, 0.29) is 0 Å². The summed E-state index contributed by atoms with van der Waals surface area (Å²) < 4.78 is 10.8. The van der Waals surface area contributed by atoms with E-state index in [2.05, 4.69) is 61.6 Å². The average molecular weight is 313 g/mol. The summed E-state index contributed by atoms with van der Waals surface area (Å²) >= 11 is 1.77. The van der Waals surface area contributed by atoms with Crippen LogP contribution in [0.2, 0.25) is 0 Å². The van der Waals surface area contributed by atoms with Crippen molar-refractivity contribution in [2.45, 2.75) is 27.2 Å². The maximum atomic E-state index is 6.35. The number of hydrogen-bond acceptors (Lipinski definition) is 2. The molecule has 4 rings (SSSR count). The molecule has 0 saturated carbocycles. The van der Waals surface area contributed by atoms with Crippen LogP contribution in [0.3, 0.4) is 0 Å². The fourth-order valence-corrected chi connectivity index (χ4v) is 4.45. The SMILES string of the molecule is Cc1c2c3c(csc3n1C)Oc1c(CC(C)C)cc[n+](C)c1-2. The lowest BCUT2D eigenvalue weighted by atomic mass is 9.97. The van der Waals surface area contributed by atoms with E-state index in [1.807, 2.05) is 0 Å². The molecule has 3 nitrogen and oxygen atoms in total. The Hall–Kier alpha value is -1.81. The molecule has 3 aromatic rings. The van der Waals surface area contributed by atoms with Crippen molar-refractivity contribution < 1.29 is 9.30 Å². The fourth-order valence-electron chi connectivity index (χ4n) is 3.45. The lowest BCUT2D eigenvalue weighted by Gasteiger charge is -2.18. The monoisotopic (exact) mass is 313 g/mol. The minimum Gasteiger partial charge on any atom is -0.448 e. The van der Waals surface area contributed by atoms with Gasteiger partial charge in [-0.05, 0) is 19.3 Å². The van der Waals surface area contributed by atoms with E-state index < -0.39 is 0 Å². The largest absolute Gasteiger partial charge is 0.448 e. The lowest BCUT2D eigenvalue weighted by molar-refractivity contribution is -0.660. The van der Waals surface area contributed by atoms with Gasteiger partial charge in [-0.3, -0.25) is 0 Å². The predicted molar refractivity (Wildman–Crippen MR) is 90.8 cm³/mol. The normalized spacial score (nSPS) is 12.8. The second kappa shape index (κ2) is 4.59. The van der Waals surface area contributed by atoms with Crippen LogP contribution in [0.25, 0.3) is 21.5 Å². The summed E-state index contributed by atoms with van der Waals surface area (Å²) in [6.45, 7) is 6.71. The van der Waals surface area contributed by atoms with Crippen LogP contribution in [0, 0.1) is 12.8 Å². The Morgan fingerprint density at radius 1 is 1.36 bits per heavy atom. The Morgan fingerprint density at radius 2 is 2.14 bits per heavy atom. The molecule has 3 aromatic heterocycles. The van der Waals surface area contributed by atoms with Crippen molar-refractivity contribution in [2.75, 3.05) is 0 Å². The van der Waals surface area contributed by atoms with Gasteiger partial charge in [0.15, 0.2) is 6.20 Å². The minimum atomic E-state index is 0.612. The first-order valence-electron chi connectivity index (χ1n) is 7.75. The average Bonchev–Trinajstić information content (AvgIpc) is 2.99. The topological polar surface area (TPSA) is 18.0 Å². The smallest absolute Gasteiger partial charge is 0.258 e. The summed E-state index contributed by atoms with van der Waals surface area (Å²) in [5.74, 6) is 2.67. The van der Waals surface area contributed by atoms with E-state index in [9.17, 15) is 0 Å². The van der Waals surface area contributed by atoms with E-state index in [4.69, 9.17) is 4.74 Å². The summed E-state index contributed by atoms with van der Waals surface area (Å²) in [4.78, 5) is 1.29. The molecular weight excluding hydrogens is 292 g/mol. The predicted octanol–water partition coefficient (Wildman–Crippen LogP) is 4.34. The molecule has 0 aliphatic carbocycles. The molecule has 0 bridgehead atoms. The number of aryl methyl sites for hydroxylation is 2. The van der Waals surface area contributed by atoms with Gasteiger partial charge in [-0.1, -0.05) is 13.8 Å². The van der Waals surface area contributed by atoms with Crippen molar-refractivity contribution in [2.24, 2.45) is 20.0 Å². The third kappa shape index (κ3) is 1.70. The summed E-state index contributed by atoms with van der Waals surface area (Å²) in [7, 11) is 4.25. The van der Waals surface area contributed by atoms with Crippen LogP contribution >= 0.6 is 11.3 Å². The van der Waals surface area contributed by atoms with Crippen LogP contribution in [0.4, 0.5) is 0 Å². The molecule has 0 saturated heterocycles. The van der Waals surface area contributed by atoms with Crippen molar-refractivity contribution in [3.63, 3.8) is 0 Å². The molecule has 114 valence electrons. The molecule has 0 atom stereocenters. The molecule has 4 heterocycles. The molecule has 0 spiro atoms. The van der Waals surface area contributed by atoms with Gasteiger partial charge in [-0.2, -0.15) is 4.57 Å². The zero-order valence-corrected chi connectivity index (χ0v) is 14.5. The maximum Gasteiger partial charge on any atom is 0.258 e. The van der Waals surface area contributed by atoms with Gasteiger partial charge < -0.3 is 9.30 Å². The third-order valence-electron chi connectivity index (χ3n) is 4.59. The van der Waals surface area contributed by atoms with Crippen molar-refractivity contribution in [1.29, 1.82) is 0 Å². The molecule has 0 radical (unpaired) electrons. The Morgan fingerprint density at radius 3 is 2.86 bits per heavy atom. The Labute approximate surface area is 134 Å². The lowest BCUT2D eigenvalue weighted by Crippen LogP contribution is -2.32. The van der Waals surface area contributed by atoms with Gasteiger partial charge in [0, 0.05) is 29.8 Å². The van der Waals surface area contributed by atoms with E-state index in [0.717, 1.165) is 17.9 Å². The number of nitrogens with zero attached hydrogens (tertiary/aromatic N) is 2. The van der Waals surface area contributed by atoms with Crippen LogP contribution in [0.1, 0.15) is 25.1 Å². The number of aromatic nitrogens is 2. The number of hydrogen-bond donors (Lipinski definition) is 0. The molecule has 22 heavy (non-hydrogen) atoms. The van der Waals surface area contributed by atoms with E-state index >= 15 is 0 Å². The Bertz CT molecular complexity index is 902. The highest BCUT2D eigenvalue weighted by atomic mass is 32.1. The van der Waals surface area contributed by atoms with Gasteiger partial charge in [0.1, 0.15) is 17.6 Å². The molecule has 4 heteroatoms. The first-order valence-corrected chi connectivity index (χ1v) is 8.63. The summed E-state index contributed by atoms with van der Waals surface area (Å²) in [6.07, 6.45) is 3.20. The second-order valence-corrected chi connectivity index (χ2v) is 7.49. The van der Waals surface area contributed by atoms with Gasteiger partial charge in [0.2, 0.25) is 5.75 Å². The molecule has 1 aliphatic heterocycles. The van der Waals surface area contributed by atoms with Gasteiger partial charge in [0.05, 0.1) is 10.9 Å². The first-order chi connectivity index (χ1) is 10.5. The zero-order valence-electron chi connectivity index (χ0n) is 13.7. The summed E-state index contributed by atoms with van der Waals surface area (Å²) in [5.41, 5.74) is 5.16. The summed E-state index contributed by atoms with van der Waals surface area (Å²) in [6, 6.07) is 2.20. The van der Waals surface area contributed by atoms with E-state index in [0.29, 0.717) is 5.92 Å². The highest BCUT2D eigenvalue weighted by Gasteiger charge is 2.34. The van der Waals surface area contributed by atoms with Crippen LogP contribution in [0.5, 0.6) is 11.5 Å². The standard InChI is InChI=1S/C18H21N2OS/c1-10(2)8-12-6-7-19(4)16-14-11(3)20(5)18-15(14)13(9-22-18)21-17(12)16/h6-7,9-10H,8H2,1-5H3/q+1. The molecule has 0 unspecified atom stereocenters. The summed E-state index contributed by atoms with van der Waals surface area (Å²) in [5, 5.41) is 3.41. The van der Waals surface area contributed by atoms with Gasteiger partial charge in [-0.15, -0.1) is 11.3 Å². The number of thiophene rings is 1. The highest BCUT2D eigenvalue weighted by molar-refractivity contribution is 7.17. The van der Waals surface area contributed by atoms with Crippen LogP contribution in [-0.2, 0) is 20.5 Å². The quantitative estimate of drug-likeness (QED) is 0.503. The highest BCUT2D eigenvalue weighted by Crippen LogP contribution is 2.51. The van der Waals surface area contributed by atoms with Crippen molar-refractivity contribution in [3.05, 3.63) is 28.9 Å². The fraction of sp³-hybridized carbons (Fsp3) is 0.389. The Balaban J connectivity index is 2.08. The molecule has 0 amide bonds. The van der Waals surface area contributed by atoms with Crippen LogP contribution < -0.4 is 9.30 Å². The molecule has 1 aliphatic rings. The minimum absolute atomic E-state index is 0.612. The van der Waals surface area contributed by atoms with Crippen molar-refractivity contribution in [3.8, 4) is 22.8 Å². The number of ether oxygens (including phenoxy) is 1. The van der Waals surface area contributed by atoms with Gasteiger partial charge >= 0.3 is 0 Å². The zero-order chi connectivity index (χ0) is 15.6. The number of pyridine rings is 1. The molecule has 0 aromatic carbocycles. The number of rotatable bonds is 2. The van der Waals surface area contributed by atoms with E-state index in [1.54, 1.807) is 11.3 Å². The van der Waals surface area contributed by atoms with Gasteiger partial charge in [0.25, 0.3) is 5.69 Å². The Kier molecular flexibility index (Phi) is 2.89. The molecular formula is C18H21N2OS+. The van der Waals surface area contributed by atoms with Gasteiger partial charge in [-0.25, -0.2) is 0 Å². The number of fused-ring (bicyclic) bond motifs is 2. The van der Waals surface area contributed by atoms with Crippen LogP contribution in [-0.4, -0.2) is 4.57 Å². The first kappa shape index (κ1) is 13.8.